The zero-order valence-corrected chi connectivity index (χ0v) is 13.3. The van der Waals surface area contributed by atoms with Crippen molar-refractivity contribution >= 4 is 28.9 Å². The highest BCUT2D eigenvalue weighted by Gasteiger charge is 2.44. The number of rotatable bonds is 4. The van der Waals surface area contributed by atoms with Crippen LogP contribution < -0.4 is 5.73 Å². The summed E-state index contributed by atoms with van der Waals surface area (Å²) in [5, 5.41) is 29.9. The second-order valence-electron chi connectivity index (χ2n) is 5.53. The molecule has 4 atom stereocenters. The number of aromatic nitrogens is 3. The van der Waals surface area contributed by atoms with Crippen molar-refractivity contribution in [2.45, 2.75) is 24.5 Å². The summed E-state index contributed by atoms with van der Waals surface area (Å²) >= 11 is 0. The molecule has 0 amide bonds. The molecule has 2 aromatic rings. The molecule has 0 spiro atoms. The fraction of sp³-hybridized carbons (Fsp3) is 0.400. The summed E-state index contributed by atoms with van der Waals surface area (Å²) in [6.45, 7) is -0.444. The van der Waals surface area contributed by atoms with Crippen LogP contribution in [0.15, 0.2) is 18.6 Å². The standard InChI is InChI=1S/C15H18N4O6/c1-24-9(21)3-2-7-4-19(14-10(7)13(16)17-6-18-14)15-12(23)11(22)8(5-20)25-15/h2-4,6,8,11-12,15,20,22-23H,5H2,1H3,(H2,16,17,18)/t8-,11-,12-,15?/m1/s1. The molecule has 3 rings (SSSR count). The number of carbonyl (C=O) groups is 1. The average molecular weight is 350 g/mol. The van der Waals surface area contributed by atoms with Gasteiger partial charge in [0.2, 0.25) is 0 Å². The van der Waals surface area contributed by atoms with Gasteiger partial charge >= 0.3 is 5.97 Å². The number of fused-ring (bicyclic) bond motifs is 1. The second-order valence-corrected chi connectivity index (χ2v) is 5.53. The smallest absolute Gasteiger partial charge is 0.330 e. The van der Waals surface area contributed by atoms with Gasteiger partial charge in [0.1, 0.15) is 36.1 Å². The zero-order chi connectivity index (χ0) is 18.1. The van der Waals surface area contributed by atoms with Crippen LogP contribution in [0.4, 0.5) is 5.82 Å². The Morgan fingerprint density at radius 3 is 2.84 bits per heavy atom. The third-order valence-electron chi connectivity index (χ3n) is 4.06. The highest BCUT2D eigenvalue weighted by atomic mass is 16.6. The van der Waals surface area contributed by atoms with Gasteiger partial charge in [-0.15, -0.1) is 0 Å². The first kappa shape index (κ1) is 17.3. The molecule has 1 aliphatic heterocycles. The van der Waals surface area contributed by atoms with Crippen LogP contribution in [0, 0.1) is 0 Å². The monoisotopic (exact) mass is 350 g/mol. The number of aliphatic hydroxyl groups is 3. The van der Waals surface area contributed by atoms with Gasteiger partial charge < -0.3 is 35.1 Å². The molecule has 25 heavy (non-hydrogen) atoms. The Kier molecular flexibility index (Phi) is 4.68. The third-order valence-corrected chi connectivity index (χ3v) is 4.06. The summed E-state index contributed by atoms with van der Waals surface area (Å²) in [5.74, 6) is -0.371. The Bertz CT molecular complexity index is 820. The number of nitrogen functional groups attached to an aromatic ring is 1. The van der Waals surface area contributed by atoms with Crippen molar-refractivity contribution in [2.24, 2.45) is 0 Å². The summed E-state index contributed by atoms with van der Waals surface area (Å²) in [4.78, 5) is 19.4. The number of esters is 1. The van der Waals surface area contributed by atoms with E-state index < -0.39 is 37.1 Å². The lowest BCUT2D eigenvalue weighted by Crippen LogP contribution is -2.33. The van der Waals surface area contributed by atoms with Gasteiger partial charge in [-0.3, -0.25) is 0 Å². The van der Waals surface area contributed by atoms with Gasteiger partial charge in [0.05, 0.1) is 19.1 Å². The lowest BCUT2D eigenvalue weighted by molar-refractivity contribution is -0.134. The fourth-order valence-electron chi connectivity index (χ4n) is 2.79. The van der Waals surface area contributed by atoms with Gasteiger partial charge in [-0.25, -0.2) is 14.8 Å². The molecule has 0 bridgehead atoms. The lowest BCUT2D eigenvalue weighted by Gasteiger charge is -2.17. The van der Waals surface area contributed by atoms with Crippen LogP contribution in [0.5, 0.6) is 0 Å². The number of aliphatic hydroxyl groups excluding tert-OH is 3. The van der Waals surface area contributed by atoms with Gasteiger partial charge in [-0.05, 0) is 6.08 Å². The molecular formula is C15H18N4O6. The maximum Gasteiger partial charge on any atom is 0.330 e. The number of anilines is 1. The van der Waals surface area contributed by atoms with Crippen molar-refractivity contribution < 1.29 is 29.6 Å². The number of carbonyl (C=O) groups excluding carboxylic acids is 1. The lowest BCUT2D eigenvalue weighted by atomic mass is 10.1. The predicted octanol–water partition coefficient (Wildman–Crippen LogP) is -1.19. The van der Waals surface area contributed by atoms with E-state index in [9.17, 15) is 20.1 Å². The molecule has 0 aliphatic carbocycles. The molecule has 5 N–H and O–H groups in total. The van der Waals surface area contributed by atoms with Crippen LogP contribution in [-0.4, -0.2) is 67.9 Å². The molecular weight excluding hydrogens is 332 g/mol. The van der Waals surface area contributed by atoms with Crippen LogP contribution in [0.1, 0.15) is 11.8 Å². The van der Waals surface area contributed by atoms with E-state index >= 15 is 0 Å². The molecule has 1 aliphatic rings. The van der Waals surface area contributed by atoms with Crippen molar-refractivity contribution in [3.8, 4) is 0 Å². The molecule has 0 saturated carbocycles. The molecule has 10 heteroatoms. The van der Waals surface area contributed by atoms with E-state index in [4.69, 9.17) is 10.5 Å². The highest BCUT2D eigenvalue weighted by Crippen LogP contribution is 2.34. The van der Waals surface area contributed by atoms with Crippen molar-refractivity contribution in [2.75, 3.05) is 19.5 Å². The van der Waals surface area contributed by atoms with Crippen molar-refractivity contribution in [3.63, 3.8) is 0 Å². The van der Waals surface area contributed by atoms with Crippen molar-refractivity contribution in [3.05, 3.63) is 24.2 Å². The van der Waals surface area contributed by atoms with Crippen LogP contribution in [-0.2, 0) is 14.3 Å². The molecule has 3 heterocycles. The van der Waals surface area contributed by atoms with E-state index in [2.05, 4.69) is 14.7 Å². The average Bonchev–Trinajstić information content (AvgIpc) is 3.12. The number of hydrogen-bond acceptors (Lipinski definition) is 9. The summed E-state index contributed by atoms with van der Waals surface area (Å²) in [6, 6.07) is 0. The maximum atomic E-state index is 11.3. The normalized spacial score (nSPS) is 26.6. The largest absolute Gasteiger partial charge is 0.466 e. The Labute approximate surface area is 142 Å². The molecule has 2 aromatic heterocycles. The highest BCUT2D eigenvalue weighted by molar-refractivity contribution is 5.97. The molecule has 0 aromatic carbocycles. The first-order valence-corrected chi connectivity index (χ1v) is 7.47. The quantitative estimate of drug-likeness (QED) is 0.394. The van der Waals surface area contributed by atoms with E-state index in [0.717, 1.165) is 0 Å². The topological polar surface area (TPSA) is 153 Å². The summed E-state index contributed by atoms with van der Waals surface area (Å²) < 4.78 is 11.6. The second kappa shape index (κ2) is 6.76. The van der Waals surface area contributed by atoms with Crippen molar-refractivity contribution in [1.82, 2.24) is 14.5 Å². The summed E-state index contributed by atoms with van der Waals surface area (Å²) in [7, 11) is 1.26. The van der Waals surface area contributed by atoms with Crippen LogP contribution in [0.2, 0.25) is 0 Å². The number of methoxy groups -OCH3 is 1. The Morgan fingerprint density at radius 2 is 2.20 bits per heavy atom. The zero-order valence-electron chi connectivity index (χ0n) is 13.3. The Balaban J connectivity index is 2.09. The third kappa shape index (κ3) is 2.96. The van der Waals surface area contributed by atoms with Crippen LogP contribution in [0.3, 0.4) is 0 Å². The van der Waals surface area contributed by atoms with E-state index in [1.54, 1.807) is 6.20 Å². The molecule has 0 radical (unpaired) electrons. The van der Waals surface area contributed by atoms with Gasteiger partial charge in [0.15, 0.2) is 6.23 Å². The predicted molar refractivity (Wildman–Crippen MR) is 86.0 cm³/mol. The minimum Gasteiger partial charge on any atom is -0.466 e. The molecule has 1 fully saturated rings. The number of hydrogen-bond donors (Lipinski definition) is 4. The SMILES string of the molecule is COC(=O)C=Cc1cn(C2O[C@H](CO)[C@@H](O)[C@H]2O)c2ncnc(N)c12. The van der Waals surface area contributed by atoms with E-state index in [1.807, 2.05) is 0 Å². The first-order chi connectivity index (χ1) is 12.0. The van der Waals surface area contributed by atoms with Crippen molar-refractivity contribution in [1.29, 1.82) is 0 Å². The van der Waals surface area contributed by atoms with E-state index in [0.29, 0.717) is 16.6 Å². The van der Waals surface area contributed by atoms with E-state index in [1.165, 1.54) is 30.2 Å². The molecule has 134 valence electrons. The van der Waals surface area contributed by atoms with Gasteiger partial charge in [-0.2, -0.15) is 0 Å². The summed E-state index contributed by atoms with van der Waals surface area (Å²) in [6.07, 6.45) is 1.07. The Morgan fingerprint density at radius 1 is 1.44 bits per heavy atom. The molecule has 1 unspecified atom stereocenters. The molecule has 10 nitrogen and oxygen atoms in total. The van der Waals surface area contributed by atoms with Gasteiger partial charge in [0, 0.05) is 17.8 Å². The number of nitrogens with zero attached hydrogens (tertiary/aromatic N) is 3. The minimum absolute atomic E-state index is 0.181. The number of ether oxygens (including phenoxy) is 2. The first-order valence-electron chi connectivity index (χ1n) is 7.47. The Hall–Kier alpha value is -2.53. The van der Waals surface area contributed by atoms with E-state index in [-0.39, 0.29) is 5.82 Å². The molecule has 1 saturated heterocycles. The maximum absolute atomic E-state index is 11.3. The van der Waals surface area contributed by atoms with Gasteiger partial charge in [0.25, 0.3) is 0 Å². The van der Waals surface area contributed by atoms with Gasteiger partial charge in [-0.1, -0.05) is 0 Å². The number of nitrogens with two attached hydrogens (primary N) is 1. The fourth-order valence-corrected chi connectivity index (χ4v) is 2.79. The minimum atomic E-state index is -1.28. The van der Waals surface area contributed by atoms with Crippen LogP contribution in [0.25, 0.3) is 17.1 Å². The summed E-state index contributed by atoms with van der Waals surface area (Å²) in [5.41, 5.74) is 6.78. The van der Waals surface area contributed by atoms with Crippen LogP contribution >= 0.6 is 0 Å².